The average Bonchev–Trinajstić information content (AvgIpc) is 3.17. The summed E-state index contributed by atoms with van der Waals surface area (Å²) >= 11 is 0. The minimum Gasteiger partial charge on any atom is -0.347 e. The first-order valence-electron chi connectivity index (χ1n) is 9.40. The third-order valence-electron chi connectivity index (χ3n) is 5.34. The van der Waals surface area contributed by atoms with Crippen LogP contribution < -0.4 is 10.6 Å². The molecule has 5 amide bonds. The Balaban J connectivity index is 1.56. The Morgan fingerprint density at radius 1 is 1.23 bits per heavy atom. The van der Waals surface area contributed by atoms with Gasteiger partial charge in [-0.25, -0.2) is 0 Å². The normalized spacial score (nSPS) is 18.5. The number of nitrogens with zero attached hydrogens (tertiary/aromatic N) is 3. The van der Waals surface area contributed by atoms with E-state index >= 15 is 0 Å². The predicted molar refractivity (Wildman–Crippen MR) is 102 cm³/mol. The van der Waals surface area contributed by atoms with Gasteiger partial charge in [-0.1, -0.05) is 12.1 Å². The van der Waals surface area contributed by atoms with E-state index in [1.807, 2.05) is 6.92 Å². The second-order valence-electron chi connectivity index (χ2n) is 7.26. The van der Waals surface area contributed by atoms with Gasteiger partial charge in [0.15, 0.2) is 0 Å². The van der Waals surface area contributed by atoms with E-state index in [-0.39, 0.29) is 36.2 Å². The standard InChI is InChI=1S/C20H19N5O5/c1-10-8-13(23-24(10)2)17(27)21-9-11-4-3-5-12-16(11)20(30)25(19(12)29)14-6-7-15(26)22-18(14)28/h3-5,8,14H,6-7,9H2,1-2H3,(H,21,27)(H,22,26,28). The highest BCUT2D eigenvalue weighted by Gasteiger charge is 2.45. The lowest BCUT2D eigenvalue weighted by Gasteiger charge is -2.27. The molecule has 0 bridgehead atoms. The number of carbonyl (C=O) groups is 5. The van der Waals surface area contributed by atoms with Gasteiger partial charge in [0.1, 0.15) is 11.7 Å². The molecule has 2 N–H and O–H groups in total. The third-order valence-corrected chi connectivity index (χ3v) is 5.34. The number of rotatable bonds is 4. The van der Waals surface area contributed by atoms with E-state index in [1.54, 1.807) is 29.9 Å². The number of piperidine rings is 1. The van der Waals surface area contributed by atoms with Crippen molar-refractivity contribution in [2.75, 3.05) is 0 Å². The van der Waals surface area contributed by atoms with Crippen LogP contribution in [0.1, 0.15) is 55.3 Å². The molecule has 154 valence electrons. The van der Waals surface area contributed by atoms with Gasteiger partial charge in [0, 0.05) is 25.7 Å². The van der Waals surface area contributed by atoms with Gasteiger partial charge in [0.25, 0.3) is 17.7 Å². The molecule has 1 saturated heterocycles. The van der Waals surface area contributed by atoms with Crippen LogP contribution in [0.4, 0.5) is 0 Å². The van der Waals surface area contributed by atoms with Crippen molar-refractivity contribution in [1.29, 1.82) is 0 Å². The molecule has 0 saturated carbocycles. The molecule has 2 aliphatic heterocycles. The van der Waals surface area contributed by atoms with Crippen molar-refractivity contribution in [3.63, 3.8) is 0 Å². The summed E-state index contributed by atoms with van der Waals surface area (Å²) in [5.74, 6) is -2.70. The molecule has 2 aromatic rings. The zero-order chi connectivity index (χ0) is 21.6. The van der Waals surface area contributed by atoms with E-state index < -0.39 is 35.6 Å². The molecule has 30 heavy (non-hydrogen) atoms. The maximum atomic E-state index is 13.0. The molecule has 1 unspecified atom stereocenters. The molecular weight excluding hydrogens is 390 g/mol. The Morgan fingerprint density at radius 2 is 2.00 bits per heavy atom. The van der Waals surface area contributed by atoms with Crippen LogP contribution in [0.2, 0.25) is 0 Å². The van der Waals surface area contributed by atoms with Crippen LogP contribution in [-0.4, -0.2) is 50.3 Å². The van der Waals surface area contributed by atoms with Crippen molar-refractivity contribution >= 4 is 29.5 Å². The zero-order valence-electron chi connectivity index (χ0n) is 16.4. The van der Waals surface area contributed by atoms with Gasteiger partial charge in [-0.15, -0.1) is 0 Å². The Morgan fingerprint density at radius 3 is 2.67 bits per heavy atom. The highest BCUT2D eigenvalue weighted by Crippen LogP contribution is 2.29. The minimum atomic E-state index is -1.03. The molecule has 2 aliphatic rings. The fourth-order valence-corrected chi connectivity index (χ4v) is 3.67. The highest BCUT2D eigenvalue weighted by atomic mass is 16.2. The summed E-state index contributed by atoms with van der Waals surface area (Å²) in [4.78, 5) is 62.7. The number of hydrogen-bond donors (Lipinski definition) is 2. The number of nitrogens with one attached hydrogen (secondary N) is 2. The topological polar surface area (TPSA) is 130 Å². The second-order valence-corrected chi connectivity index (χ2v) is 7.26. The van der Waals surface area contributed by atoms with Crippen LogP contribution in [0.25, 0.3) is 0 Å². The van der Waals surface area contributed by atoms with Gasteiger partial charge in [-0.3, -0.25) is 38.9 Å². The molecule has 4 rings (SSSR count). The smallest absolute Gasteiger partial charge is 0.272 e. The fourth-order valence-electron chi connectivity index (χ4n) is 3.67. The van der Waals surface area contributed by atoms with Crippen molar-refractivity contribution < 1.29 is 24.0 Å². The third kappa shape index (κ3) is 3.15. The Bertz CT molecular complexity index is 1100. The average molecular weight is 409 g/mol. The molecule has 1 fully saturated rings. The highest BCUT2D eigenvalue weighted by molar-refractivity contribution is 6.24. The largest absolute Gasteiger partial charge is 0.347 e. The molecule has 0 radical (unpaired) electrons. The lowest BCUT2D eigenvalue weighted by Crippen LogP contribution is -2.54. The monoisotopic (exact) mass is 409 g/mol. The van der Waals surface area contributed by atoms with E-state index in [2.05, 4.69) is 15.7 Å². The van der Waals surface area contributed by atoms with Crippen molar-refractivity contribution in [3.05, 3.63) is 52.3 Å². The van der Waals surface area contributed by atoms with E-state index in [1.165, 1.54) is 6.07 Å². The number of aromatic nitrogens is 2. The summed E-state index contributed by atoms with van der Waals surface area (Å²) in [5, 5.41) is 8.99. The van der Waals surface area contributed by atoms with Gasteiger partial charge < -0.3 is 5.32 Å². The number of benzene rings is 1. The molecule has 0 aliphatic carbocycles. The number of carbonyl (C=O) groups excluding carboxylic acids is 5. The lowest BCUT2D eigenvalue weighted by molar-refractivity contribution is -0.136. The van der Waals surface area contributed by atoms with Gasteiger partial charge >= 0.3 is 0 Å². The molecule has 1 aromatic heterocycles. The minimum absolute atomic E-state index is 0.0137. The molecular formula is C20H19N5O5. The van der Waals surface area contributed by atoms with Crippen LogP contribution in [0.15, 0.2) is 24.3 Å². The Hall–Kier alpha value is -3.82. The summed E-state index contributed by atoms with van der Waals surface area (Å²) < 4.78 is 1.58. The zero-order valence-corrected chi connectivity index (χ0v) is 16.4. The van der Waals surface area contributed by atoms with Gasteiger partial charge in [0.2, 0.25) is 11.8 Å². The number of imide groups is 2. The number of amides is 5. The first-order chi connectivity index (χ1) is 14.3. The first-order valence-corrected chi connectivity index (χ1v) is 9.40. The van der Waals surface area contributed by atoms with Gasteiger partial charge in [0.05, 0.1) is 11.1 Å². The van der Waals surface area contributed by atoms with Crippen molar-refractivity contribution in [2.45, 2.75) is 32.4 Å². The van der Waals surface area contributed by atoms with Crippen LogP contribution in [-0.2, 0) is 23.2 Å². The van der Waals surface area contributed by atoms with Gasteiger partial charge in [-0.2, -0.15) is 5.10 Å². The lowest BCUT2D eigenvalue weighted by atomic mass is 10.0. The summed E-state index contributed by atoms with van der Waals surface area (Å²) in [7, 11) is 1.73. The predicted octanol–water partition coefficient (Wildman–Crippen LogP) is 0.0597. The Kier molecular flexibility index (Phi) is 4.69. The van der Waals surface area contributed by atoms with Crippen LogP contribution in [0.3, 0.4) is 0 Å². The van der Waals surface area contributed by atoms with E-state index in [0.717, 1.165) is 10.6 Å². The summed E-state index contributed by atoms with van der Waals surface area (Å²) in [5.41, 5.74) is 1.85. The van der Waals surface area contributed by atoms with E-state index in [9.17, 15) is 24.0 Å². The Labute approximate surface area is 171 Å². The first kappa shape index (κ1) is 19.5. The maximum Gasteiger partial charge on any atom is 0.272 e. The molecule has 0 spiro atoms. The van der Waals surface area contributed by atoms with E-state index in [0.29, 0.717) is 5.56 Å². The summed E-state index contributed by atoms with van der Waals surface area (Å²) in [6.45, 7) is 1.83. The molecule has 10 nitrogen and oxygen atoms in total. The quantitative estimate of drug-likeness (QED) is 0.687. The fraction of sp³-hybridized carbons (Fsp3) is 0.300. The van der Waals surface area contributed by atoms with Crippen LogP contribution in [0, 0.1) is 6.92 Å². The second kappa shape index (κ2) is 7.21. The van der Waals surface area contributed by atoms with Crippen molar-refractivity contribution in [2.24, 2.45) is 7.05 Å². The maximum absolute atomic E-state index is 13.0. The van der Waals surface area contributed by atoms with Crippen LogP contribution in [0.5, 0.6) is 0 Å². The van der Waals surface area contributed by atoms with Gasteiger partial charge in [-0.05, 0) is 31.0 Å². The number of fused-ring (bicyclic) bond motifs is 1. The van der Waals surface area contributed by atoms with Crippen molar-refractivity contribution in [3.8, 4) is 0 Å². The van der Waals surface area contributed by atoms with E-state index in [4.69, 9.17) is 0 Å². The van der Waals surface area contributed by atoms with Crippen LogP contribution >= 0.6 is 0 Å². The number of aryl methyl sites for hydroxylation is 2. The molecule has 10 heteroatoms. The summed E-state index contributed by atoms with van der Waals surface area (Å²) in [6.07, 6.45) is 0.136. The SMILES string of the molecule is Cc1cc(C(=O)NCc2cccc3c2C(=O)N(C2CCC(=O)NC2=O)C3=O)nn1C. The summed E-state index contributed by atoms with van der Waals surface area (Å²) in [6, 6.07) is 5.37. The van der Waals surface area contributed by atoms with Crippen molar-refractivity contribution in [1.82, 2.24) is 25.3 Å². The molecule has 3 heterocycles. The molecule has 1 atom stereocenters. The number of hydrogen-bond acceptors (Lipinski definition) is 6. The molecule has 1 aromatic carbocycles.